The second-order valence-electron chi connectivity index (χ2n) is 6.48. The highest BCUT2D eigenvalue weighted by atomic mass is 19.1. The largest absolute Gasteiger partial charge is 0.207 e. The maximum atomic E-state index is 12.9. The van der Waals surface area contributed by atoms with Crippen LogP contribution in [0.15, 0.2) is 78.9 Å². The third kappa shape index (κ3) is 5.15. The normalized spacial score (nSPS) is 12.4. The quantitative estimate of drug-likeness (QED) is 0.439. The van der Waals surface area contributed by atoms with Crippen LogP contribution >= 0.6 is 0 Å². The van der Waals surface area contributed by atoms with E-state index < -0.39 is 0 Å². The van der Waals surface area contributed by atoms with Gasteiger partial charge in [-0.15, -0.1) is 0 Å². The van der Waals surface area contributed by atoms with E-state index in [0.717, 1.165) is 24.0 Å². The first-order chi connectivity index (χ1) is 12.2. The highest BCUT2D eigenvalue weighted by molar-refractivity contribution is 5.69. The molecule has 0 radical (unpaired) electrons. The number of hydrogen-bond acceptors (Lipinski definition) is 0. The van der Waals surface area contributed by atoms with Gasteiger partial charge in [-0.3, -0.25) is 0 Å². The van der Waals surface area contributed by atoms with Crippen LogP contribution in [0.25, 0.3) is 12.2 Å². The van der Waals surface area contributed by atoms with Gasteiger partial charge >= 0.3 is 0 Å². The van der Waals surface area contributed by atoms with Gasteiger partial charge in [0, 0.05) is 0 Å². The van der Waals surface area contributed by atoms with E-state index in [1.54, 1.807) is 12.1 Å². The maximum absolute atomic E-state index is 12.9. The molecule has 0 aliphatic heterocycles. The van der Waals surface area contributed by atoms with Crippen molar-refractivity contribution in [1.82, 2.24) is 0 Å². The fourth-order valence-electron chi connectivity index (χ4n) is 2.89. The Morgan fingerprint density at radius 1 is 0.760 bits per heavy atom. The smallest absolute Gasteiger partial charge is 0.123 e. The fraction of sp³-hybridized carbons (Fsp3) is 0.167. The summed E-state index contributed by atoms with van der Waals surface area (Å²) in [6.45, 7) is 2.29. The van der Waals surface area contributed by atoms with Crippen LogP contribution < -0.4 is 0 Å². The number of rotatable bonds is 6. The maximum Gasteiger partial charge on any atom is 0.123 e. The van der Waals surface area contributed by atoms with E-state index in [1.165, 1.54) is 23.3 Å². The summed E-state index contributed by atoms with van der Waals surface area (Å²) in [6, 6.07) is 25.9. The Bertz CT molecular complexity index is 799. The monoisotopic (exact) mass is 330 g/mol. The van der Waals surface area contributed by atoms with Gasteiger partial charge in [0.1, 0.15) is 5.82 Å². The van der Waals surface area contributed by atoms with Crippen molar-refractivity contribution in [2.45, 2.75) is 25.7 Å². The van der Waals surface area contributed by atoms with Crippen molar-refractivity contribution < 1.29 is 4.39 Å². The lowest BCUT2D eigenvalue weighted by molar-refractivity contribution is 0.628. The molecule has 1 heteroatoms. The first-order valence-corrected chi connectivity index (χ1v) is 8.78. The number of aryl methyl sites for hydroxylation is 1. The van der Waals surface area contributed by atoms with Crippen molar-refractivity contribution in [3.05, 3.63) is 107 Å². The second-order valence-corrected chi connectivity index (χ2v) is 6.48. The Hall–Kier alpha value is -2.67. The van der Waals surface area contributed by atoms with Crippen molar-refractivity contribution in [1.29, 1.82) is 0 Å². The van der Waals surface area contributed by atoms with Gasteiger partial charge in [0.05, 0.1) is 0 Å². The first-order valence-electron chi connectivity index (χ1n) is 8.78. The fourth-order valence-corrected chi connectivity index (χ4v) is 2.89. The summed E-state index contributed by atoms with van der Waals surface area (Å²) in [5.74, 6) is 0.366. The molecule has 1 atom stereocenters. The van der Waals surface area contributed by atoms with Crippen molar-refractivity contribution >= 4 is 12.2 Å². The molecule has 3 rings (SSSR count). The molecule has 0 saturated carbocycles. The van der Waals surface area contributed by atoms with E-state index in [9.17, 15) is 4.39 Å². The van der Waals surface area contributed by atoms with Gasteiger partial charge in [0.2, 0.25) is 0 Å². The molecule has 25 heavy (non-hydrogen) atoms. The predicted molar refractivity (Wildman–Crippen MR) is 105 cm³/mol. The molecule has 0 bridgehead atoms. The Kier molecular flexibility index (Phi) is 5.79. The second kappa shape index (κ2) is 8.43. The summed E-state index contributed by atoms with van der Waals surface area (Å²) in [5, 5.41) is 0. The molecular formula is C24H23F. The average Bonchev–Trinajstić information content (AvgIpc) is 2.67. The van der Waals surface area contributed by atoms with Crippen molar-refractivity contribution in [2.24, 2.45) is 0 Å². The topological polar surface area (TPSA) is 0 Å². The Labute approximate surface area is 149 Å². The lowest BCUT2D eigenvalue weighted by atomic mass is 9.94. The van der Waals surface area contributed by atoms with E-state index in [1.807, 2.05) is 6.08 Å². The van der Waals surface area contributed by atoms with Crippen LogP contribution in [0.4, 0.5) is 4.39 Å². The molecule has 0 aromatic heterocycles. The van der Waals surface area contributed by atoms with Gasteiger partial charge in [-0.2, -0.15) is 0 Å². The molecule has 0 aliphatic rings. The molecule has 3 aromatic rings. The SMILES string of the molecule is C[C@@H](CCc1ccc(C=Cc2ccc(F)cc2)cc1)c1ccccc1. The lowest BCUT2D eigenvalue weighted by Gasteiger charge is -2.11. The zero-order chi connectivity index (χ0) is 17.5. The third-order valence-corrected chi connectivity index (χ3v) is 4.55. The standard InChI is InChI=1S/C24H23F/c1-19(23-5-3-2-4-6-23)7-8-20-9-11-21(12-10-20)13-14-22-15-17-24(25)18-16-22/h2-6,9-19H,7-8H2,1H3/t19-/m0/s1. The van der Waals surface area contributed by atoms with Gasteiger partial charge in [-0.05, 0) is 53.1 Å². The van der Waals surface area contributed by atoms with Gasteiger partial charge in [0.15, 0.2) is 0 Å². The highest BCUT2D eigenvalue weighted by Crippen LogP contribution is 2.21. The van der Waals surface area contributed by atoms with Crippen LogP contribution in [0.5, 0.6) is 0 Å². The Morgan fingerprint density at radius 3 is 1.92 bits per heavy atom. The molecular weight excluding hydrogens is 307 g/mol. The molecule has 0 unspecified atom stereocenters. The summed E-state index contributed by atoms with van der Waals surface area (Å²) in [5.41, 5.74) is 4.93. The van der Waals surface area contributed by atoms with Crippen molar-refractivity contribution in [2.75, 3.05) is 0 Å². The Morgan fingerprint density at radius 2 is 1.32 bits per heavy atom. The Balaban J connectivity index is 1.56. The van der Waals surface area contributed by atoms with Gasteiger partial charge in [0.25, 0.3) is 0 Å². The van der Waals surface area contributed by atoms with Crippen LogP contribution in [-0.4, -0.2) is 0 Å². The van der Waals surface area contributed by atoms with Crippen LogP contribution in [0.3, 0.4) is 0 Å². The van der Waals surface area contributed by atoms with E-state index >= 15 is 0 Å². The van der Waals surface area contributed by atoms with Crippen LogP contribution in [-0.2, 0) is 6.42 Å². The van der Waals surface area contributed by atoms with E-state index in [2.05, 4.69) is 67.6 Å². The molecule has 0 fully saturated rings. The van der Waals surface area contributed by atoms with Gasteiger partial charge in [-0.1, -0.05) is 85.8 Å². The number of hydrogen-bond donors (Lipinski definition) is 0. The zero-order valence-corrected chi connectivity index (χ0v) is 14.5. The third-order valence-electron chi connectivity index (χ3n) is 4.55. The molecule has 3 aromatic carbocycles. The number of benzene rings is 3. The minimum absolute atomic E-state index is 0.203. The molecule has 0 aliphatic carbocycles. The van der Waals surface area contributed by atoms with Gasteiger partial charge < -0.3 is 0 Å². The average molecular weight is 330 g/mol. The predicted octanol–water partition coefficient (Wildman–Crippen LogP) is 6.73. The molecule has 126 valence electrons. The summed E-state index contributed by atoms with van der Waals surface area (Å²) in [4.78, 5) is 0. The number of halogens is 1. The first kappa shape index (κ1) is 17.2. The van der Waals surface area contributed by atoms with E-state index in [-0.39, 0.29) is 5.82 Å². The van der Waals surface area contributed by atoms with Gasteiger partial charge in [-0.25, -0.2) is 4.39 Å². The van der Waals surface area contributed by atoms with E-state index in [4.69, 9.17) is 0 Å². The molecule has 0 N–H and O–H groups in total. The summed E-state index contributed by atoms with van der Waals surface area (Å²) in [6.07, 6.45) is 6.29. The molecule has 0 heterocycles. The zero-order valence-electron chi connectivity index (χ0n) is 14.5. The molecule has 0 amide bonds. The van der Waals surface area contributed by atoms with Crippen LogP contribution in [0, 0.1) is 5.82 Å². The highest BCUT2D eigenvalue weighted by Gasteiger charge is 2.05. The minimum atomic E-state index is -0.203. The van der Waals surface area contributed by atoms with Crippen LogP contribution in [0.2, 0.25) is 0 Å². The van der Waals surface area contributed by atoms with E-state index in [0.29, 0.717) is 5.92 Å². The molecule has 0 nitrogen and oxygen atoms in total. The summed E-state index contributed by atoms with van der Waals surface area (Å²) < 4.78 is 12.9. The molecule has 0 saturated heterocycles. The van der Waals surface area contributed by atoms with Crippen molar-refractivity contribution in [3.8, 4) is 0 Å². The van der Waals surface area contributed by atoms with Crippen LogP contribution in [0.1, 0.15) is 41.5 Å². The van der Waals surface area contributed by atoms with Crippen molar-refractivity contribution in [3.63, 3.8) is 0 Å². The minimum Gasteiger partial charge on any atom is -0.207 e. The lowest BCUT2D eigenvalue weighted by Crippen LogP contribution is -1.96. The summed E-state index contributed by atoms with van der Waals surface area (Å²) in [7, 11) is 0. The summed E-state index contributed by atoms with van der Waals surface area (Å²) >= 11 is 0. The molecule has 0 spiro atoms.